The number of hydrogen-bond donors (Lipinski definition) is 0. The molecule has 0 spiro atoms. The van der Waals surface area contributed by atoms with Crippen LogP contribution in [-0.4, -0.2) is 4.57 Å². The Kier molecular flexibility index (Phi) is 4.89. The summed E-state index contributed by atoms with van der Waals surface area (Å²) in [6.07, 6.45) is 0. The Morgan fingerprint density at radius 2 is 1.08 bits per heavy atom. The summed E-state index contributed by atoms with van der Waals surface area (Å²) in [5.41, 5.74) is 13.1. The number of para-hydroxylation sites is 1. The van der Waals surface area contributed by atoms with Gasteiger partial charge in [-0.3, -0.25) is 0 Å². The molecule has 226 valence electrons. The lowest BCUT2D eigenvalue weighted by atomic mass is 9.96. The van der Waals surface area contributed by atoms with E-state index < -0.39 is 0 Å². The Bertz CT molecular complexity index is 3230. The van der Waals surface area contributed by atoms with Crippen LogP contribution in [0.4, 0.5) is 0 Å². The maximum absolute atomic E-state index is 6.25. The van der Waals surface area contributed by atoms with Crippen molar-refractivity contribution in [3.63, 3.8) is 0 Å². The summed E-state index contributed by atoms with van der Waals surface area (Å²) in [5.74, 6) is 0. The molecule has 0 N–H and O–H groups in total. The molecule has 0 saturated carbocycles. The van der Waals surface area contributed by atoms with E-state index in [2.05, 4.69) is 150 Å². The number of nitrogens with zero attached hydrogens (tertiary/aromatic N) is 1. The van der Waals surface area contributed by atoms with Gasteiger partial charge in [-0.05, 0) is 105 Å². The van der Waals surface area contributed by atoms with Crippen LogP contribution in [0.25, 0.3) is 114 Å². The number of rotatable bonds is 2. The molecule has 2 nitrogen and oxygen atoms in total. The van der Waals surface area contributed by atoms with Crippen LogP contribution in [0.3, 0.4) is 0 Å². The van der Waals surface area contributed by atoms with Gasteiger partial charge in [0.2, 0.25) is 0 Å². The fourth-order valence-electron chi connectivity index (χ4n) is 8.60. The van der Waals surface area contributed by atoms with Crippen molar-refractivity contribution in [2.75, 3.05) is 0 Å². The highest BCUT2D eigenvalue weighted by Gasteiger charge is 2.26. The molecule has 0 bridgehead atoms. The number of furan rings is 1. The molecule has 0 radical (unpaired) electrons. The average molecular weight is 640 g/mol. The number of hydrogen-bond acceptors (Lipinski definition) is 2. The smallest absolute Gasteiger partial charge is 0.135 e. The minimum Gasteiger partial charge on any atom is -0.456 e. The van der Waals surface area contributed by atoms with E-state index in [4.69, 9.17) is 4.42 Å². The van der Waals surface area contributed by atoms with Crippen molar-refractivity contribution in [1.29, 1.82) is 0 Å². The molecule has 0 unspecified atom stereocenters. The Hall–Kier alpha value is -6.16. The van der Waals surface area contributed by atoms with Gasteiger partial charge in [-0.1, -0.05) is 91.0 Å². The SMILES string of the molecule is c1ccc2c(c1)-c1cccc3c1c-2cc1c3c2cc(-c3ccc4sc5ccccc5c4c3)ccc2n1-c1ccc2oc3ccccc3c2c1. The van der Waals surface area contributed by atoms with Crippen molar-refractivity contribution in [2.45, 2.75) is 0 Å². The van der Waals surface area contributed by atoms with Gasteiger partial charge in [0.15, 0.2) is 0 Å². The van der Waals surface area contributed by atoms with E-state index >= 15 is 0 Å². The van der Waals surface area contributed by atoms with E-state index in [0.717, 1.165) is 27.6 Å². The summed E-state index contributed by atoms with van der Waals surface area (Å²) in [7, 11) is 0. The highest BCUT2D eigenvalue weighted by molar-refractivity contribution is 7.25. The van der Waals surface area contributed by atoms with Gasteiger partial charge < -0.3 is 8.98 Å². The first-order valence-electron chi connectivity index (χ1n) is 16.8. The second kappa shape index (κ2) is 9.25. The monoisotopic (exact) mass is 639 g/mol. The maximum atomic E-state index is 6.25. The predicted octanol–water partition coefficient (Wildman–Crippen LogP) is 13.5. The Morgan fingerprint density at radius 1 is 0.388 bits per heavy atom. The van der Waals surface area contributed by atoms with Crippen molar-refractivity contribution >= 4 is 86.0 Å². The van der Waals surface area contributed by atoms with Crippen LogP contribution in [0.15, 0.2) is 156 Å². The van der Waals surface area contributed by atoms with Crippen LogP contribution in [0.1, 0.15) is 0 Å². The molecule has 1 aliphatic carbocycles. The average Bonchev–Trinajstić information content (AvgIpc) is 3.90. The molecule has 12 rings (SSSR count). The molecule has 0 amide bonds. The molecule has 0 saturated heterocycles. The molecule has 0 fully saturated rings. The molecular formula is C46H25NOS. The standard InChI is InChI=1S/C46H25NOS/c1-2-9-30-29(8-1)33-12-7-13-34-45(33)37(30)25-40-46(34)38-23-26(27-17-21-44-36(22-27)32-11-4-6-15-43(32)49-44)16-19-39(38)47(40)28-18-20-42-35(24-28)31-10-3-5-14-41(31)48-42/h1-25H. The van der Waals surface area contributed by atoms with Crippen molar-refractivity contribution in [3.8, 4) is 39.1 Å². The van der Waals surface area contributed by atoms with Crippen molar-refractivity contribution in [3.05, 3.63) is 152 Å². The largest absolute Gasteiger partial charge is 0.456 e. The second-order valence-electron chi connectivity index (χ2n) is 13.2. The maximum Gasteiger partial charge on any atom is 0.135 e. The van der Waals surface area contributed by atoms with E-state index in [-0.39, 0.29) is 0 Å². The quantitative estimate of drug-likeness (QED) is 0.184. The summed E-state index contributed by atoms with van der Waals surface area (Å²) in [5, 5.41) is 10.1. The number of aromatic nitrogens is 1. The molecular weight excluding hydrogens is 615 g/mol. The number of benzene rings is 8. The first-order valence-corrected chi connectivity index (χ1v) is 17.6. The molecule has 3 heteroatoms. The topological polar surface area (TPSA) is 18.1 Å². The number of fused-ring (bicyclic) bond motifs is 13. The Labute approximate surface area is 284 Å². The van der Waals surface area contributed by atoms with Crippen LogP contribution in [-0.2, 0) is 0 Å². The summed E-state index contributed by atoms with van der Waals surface area (Å²) in [6, 6.07) is 55.9. The molecule has 49 heavy (non-hydrogen) atoms. The van der Waals surface area contributed by atoms with Gasteiger partial charge in [0.25, 0.3) is 0 Å². The summed E-state index contributed by atoms with van der Waals surface area (Å²) < 4.78 is 11.4. The van der Waals surface area contributed by atoms with Gasteiger partial charge in [-0.25, -0.2) is 0 Å². The third-order valence-electron chi connectivity index (χ3n) is 10.7. The third-order valence-corrected chi connectivity index (χ3v) is 11.9. The van der Waals surface area contributed by atoms with Gasteiger partial charge in [-0.2, -0.15) is 0 Å². The van der Waals surface area contributed by atoms with Crippen LogP contribution in [0.5, 0.6) is 0 Å². The van der Waals surface area contributed by atoms with Gasteiger partial charge >= 0.3 is 0 Å². The van der Waals surface area contributed by atoms with E-state index in [1.54, 1.807) is 0 Å². The molecule has 8 aromatic carbocycles. The lowest BCUT2D eigenvalue weighted by Crippen LogP contribution is -1.94. The Morgan fingerprint density at radius 3 is 2.00 bits per heavy atom. The highest BCUT2D eigenvalue weighted by Crippen LogP contribution is 2.51. The zero-order valence-electron chi connectivity index (χ0n) is 26.2. The highest BCUT2D eigenvalue weighted by atomic mass is 32.1. The lowest BCUT2D eigenvalue weighted by molar-refractivity contribution is 0.669. The minimum absolute atomic E-state index is 0.909. The van der Waals surface area contributed by atoms with Crippen LogP contribution in [0, 0.1) is 0 Å². The lowest BCUT2D eigenvalue weighted by Gasteiger charge is -2.10. The number of thiophene rings is 1. The summed E-state index contributed by atoms with van der Waals surface area (Å²) >= 11 is 1.87. The van der Waals surface area contributed by atoms with Crippen LogP contribution >= 0.6 is 11.3 Å². The van der Waals surface area contributed by atoms with E-state index in [9.17, 15) is 0 Å². The minimum atomic E-state index is 0.909. The zero-order valence-corrected chi connectivity index (χ0v) is 27.0. The molecule has 1 aliphatic rings. The zero-order chi connectivity index (χ0) is 31.8. The van der Waals surface area contributed by atoms with Crippen molar-refractivity contribution in [2.24, 2.45) is 0 Å². The van der Waals surface area contributed by atoms with Crippen molar-refractivity contribution < 1.29 is 4.42 Å². The van der Waals surface area contributed by atoms with Gasteiger partial charge in [0, 0.05) is 47.4 Å². The van der Waals surface area contributed by atoms with Gasteiger partial charge in [0.1, 0.15) is 11.2 Å². The normalized spacial score (nSPS) is 12.5. The molecule has 11 aromatic rings. The fraction of sp³-hybridized carbons (Fsp3) is 0. The van der Waals surface area contributed by atoms with Crippen molar-refractivity contribution in [1.82, 2.24) is 4.57 Å². The molecule has 0 aliphatic heterocycles. The van der Waals surface area contributed by atoms with Crippen LogP contribution < -0.4 is 0 Å². The predicted molar refractivity (Wildman–Crippen MR) is 208 cm³/mol. The van der Waals surface area contributed by atoms with Gasteiger partial charge in [0.05, 0.1) is 11.0 Å². The molecule has 3 heterocycles. The summed E-state index contributed by atoms with van der Waals surface area (Å²) in [4.78, 5) is 0. The first kappa shape index (κ1) is 25.9. The third kappa shape index (κ3) is 3.40. The second-order valence-corrected chi connectivity index (χ2v) is 14.3. The van der Waals surface area contributed by atoms with E-state index in [1.807, 2.05) is 17.4 Å². The molecule has 3 aromatic heterocycles. The Balaban J connectivity index is 1.19. The van der Waals surface area contributed by atoms with E-state index in [1.165, 1.54) is 86.1 Å². The summed E-state index contributed by atoms with van der Waals surface area (Å²) in [6.45, 7) is 0. The van der Waals surface area contributed by atoms with Gasteiger partial charge in [-0.15, -0.1) is 11.3 Å². The molecule has 0 atom stereocenters. The van der Waals surface area contributed by atoms with E-state index in [0.29, 0.717) is 0 Å². The van der Waals surface area contributed by atoms with Crippen LogP contribution in [0.2, 0.25) is 0 Å². The fourth-order valence-corrected chi connectivity index (χ4v) is 9.68. The first-order chi connectivity index (χ1) is 24.3.